The Labute approximate surface area is 92.0 Å². The number of phenolic OH excluding ortho intramolecular Hbond substituents is 1. The fraction of sp³-hybridized carbons (Fsp3) is 0.0769. The molecular weight excluding hydrogens is 210 g/mol. The van der Waals surface area contributed by atoms with Crippen molar-refractivity contribution in [2.75, 3.05) is 0 Å². The molecule has 0 amide bonds. The second-order valence-corrected chi connectivity index (χ2v) is 3.63. The van der Waals surface area contributed by atoms with Gasteiger partial charge in [-0.2, -0.15) is 0 Å². The zero-order valence-corrected chi connectivity index (χ0v) is 8.67. The van der Waals surface area contributed by atoms with Crippen molar-refractivity contribution < 1.29 is 13.9 Å². The molecule has 1 N–H and O–H groups in total. The first-order valence-corrected chi connectivity index (χ1v) is 4.83. The average molecular weight is 220 g/mol. The Balaban J connectivity index is 2.50. The van der Waals surface area contributed by atoms with Crippen molar-refractivity contribution in [2.45, 2.75) is 6.92 Å². The minimum atomic E-state index is -0.684. The normalized spacial score (nSPS) is 10.4. The average Bonchev–Trinajstić information content (AvgIpc) is 2.26. The summed E-state index contributed by atoms with van der Waals surface area (Å²) in [6.45, 7) is 1.67. The van der Waals surface area contributed by atoms with Crippen molar-refractivity contribution >= 4 is 0 Å². The maximum absolute atomic E-state index is 13.3. The Morgan fingerprint density at radius 3 is 2.12 bits per heavy atom. The second-order valence-electron chi connectivity index (χ2n) is 3.63. The van der Waals surface area contributed by atoms with Crippen LogP contribution in [0.25, 0.3) is 11.1 Å². The summed E-state index contributed by atoms with van der Waals surface area (Å²) in [5.74, 6) is -1.43. The van der Waals surface area contributed by atoms with Crippen LogP contribution in [0.2, 0.25) is 0 Å². The number of halogens is 2. The van der Waals surface area contributed by atoms with Crippen molar-refractivity contribution in [3.63, 3.8) is 0 Å². The number of rotatable bonds is 1. The van der Waals surface area contributed by atoms with Gasteiger partial charge in [0, 0.05) is 0 Å². The highest BCUT2D eigenvalue weighted by Crippen LogP contribution is 2.26. The molecule has 2 aromatic carbocycles. The molecule has 0 fully saturated rings. The van der Waals surface area contributed by atoms with Crippen LogP contribution in [-0.2, 0) is 0 Å². The molecule has 0 unspecified atom stereocenters. The monoisotopic (exact) mass is 220 g/mol. The Bertz CT molecular complexity index is 486. The Kier molecular flexibility index (Phi) is 2.60. The molecule has 3 heteroatoms. The van der Waals surface area contributed by atoms with Gasteiger partial charge in [-0.05, 0) is 41.8 Å². The number of hydrogen-bond acceptors (Lipinski definition) is 1. The molecule has 0 aromatic heterocycles. The van der Waals surface area contributed by atoms with E-state index in [2.05, 4.69) is 0 Å². The first-order chi connectivity index (χ1) is 7.58. The van der Waals surface area contributed by atoms with Crippen LogP contribution < -0.4 is 0 Å². The summed E-state index contributed by atoms with van der Waals surface area (Å²) in [7, 11) is 0. The van der Waals surface area contributed by atoms with Gasteiger partial charge in [-0.15, -0.1) is 0 Å². The maximum atomic E-state index is 13.3. The lowest BCUT2D eigenvalue weighted by atomic mass is 10.0. The van der Waals surface area contributed by atoms with E-state index in [1.165, 1.54) is 18.2 Å². The first kappa shape index (κ1) is 10.6. The van der Waals surface area contributed by atoms with Gasteiger partial charge in [0.15, 0.2) is 11.6 Å². The van der Waals surface area contributed by atoms with Gasteiger partial charge in [-0.25, -0.2) is 8.78 Å². The lowest BCUT2D eigenvalue weighted by molar-refractivity contribution is 0.433. The molecule has 0 saturated heterocycles. The van der Waals surface area contributed by atoms with Crippen LogP contribution >= 0.6 is 0 Å². The Morgan fingerprint density at radius 1 is 0.875 bits per heavy atom. The summed E-state index contributed by atoms with van der Waals surface area (Å²) in [5.41, 5.74) is 1.74. The van der Waals surface area contributed by atoms with Gasteiger partial charge in [-0.3, -0.25) is 0 Å². The largest absolute Gasteiger partial charge is 0.505 e. The van der Waals surface area contributed by atoms with Gasteiger partial charge in [0.1, 0.15) is 5.82 Å². The molecule has 0 heterocycles. The molecule has 0 saturated carbocycles. The Morgan fingerprint density at radius 2 is 1.50 bits per heavy atom. The van der Waals surface area contributed by atoms with E-state index in [1.807, 2.05) is 0 Å². The zero-order chi connectivity index (χ0) is 11.7. The van der Waals surface area contributed by atoms with Crippen LogP contribution in [0.15, 0.2) is 36.4 Å². The van der Waals surface area contributed by atoms with Crippen molar-refractivity contribution in [1.29, 1.82) is 0 Å². The molecule has 0 aliphatic carbocycles. The summed E-state index contributed by atoms with van der Waals surface area (Å²) in [5, 5.41) is 9.22. The highest BCUT2D eigenvalue weighted by molar-refractivity contribution is 5.65. The number of phenols is 1. The van der Waals surface area contributed by atoms with E-state index in [9.17, 15) is 13.9 Å². The van der Waals surface area contributed by atoms with Gasteiger partial charge in [0.25, 0.3) is 0 Å². The lowest BCUT2D eigenvalue weighted by Gasteiger charge is -2.04. The summed E-state index contributed by atoms with van der Waals surface area (Å²) in [4.78, 5) is 0. The molecule has 0 aliphatic heterocycles. The van der Waals surface area contributed by atoms with Crippen molar-refractivity contribution in [2.24, 2.45) is 0 Å². The SMILES string of the molecule is Cc1ccc(-c2ccc(F)c(O)c2)cc1F. The topological polar surface area (TPSA) is 20.2 Å². The first-order valence-electron chi connectivity index (χ1n) is 4.83. The molecule has 2 aromatic rings. The third kappa shape index (κ3) is 1.89. The minimum Gasteiger partial charge on any atom is -0.505 e. The third-order valence-electron chi connectivity index (χ3n) is 2.45. The van der Waals surface area contributed by atoms with E-state index in [0.29, 0.717) is 16.7 Å². The maximum Gasteiger partial charge on any atom is 0.164 e. The molecular formula is C13H10F2O. The van der Waals surface area contributed by atoms with Crippen LogP contribution in [-0.4, -0.2) is 5.11 Å². The minimum absolute atomic E-state index is 0.318. The molecule has 82 valence electrons. The van der Waals surface area contributed by atoms with Crippen LogP contribution in [0.4, 0.5) is 8.78 Å². The highest BCUT2D eigenvalue weighted by Gasteiger charge is 2.05. The number of benzene rings is 2. The van der Waals surface area contributed by atoms with Crippen LogP contribution in [0, 0.1) is 18.6 Å². The van der Waals surface area contributed by atoms with E-state index in [0.717, 1.165) is 6.07 Å². The molecule has 16 heavy (non-hydrogen) atoms. The van der Waals surface area contributed by atoms with Gasteiger partial charge < -0.3 is 5.11 Å². The molecule has 0 aliphatic rings. The predicted octanol–water partition coefficient (Wildman–Crippen LogP) is 3.65. The molecule has 2 rings (SSSR count). The van der Waals surface area contributed by atoms with Crippen molar-refractivity contribution in [3.8, 4) is 16.9 Å². The molecule has 1 nitrogen and oxygen atoms in total. The Hall–Kier alpha value is -1.90. The fourth-order valence-electron chi connectivity index (χ4n) is 1.46. The lowest BCUT2D eigenvalue weighted by Crippen LogP contribution is -1.85. The molecule has 0 radical (unpaired) electrons. The quantitative estimate of drug-likeness (QED) is 0.777. The van der Waals surface area contributed by atoms with E-state index in [4.69, 9.17) is 0 Å². The number of hydrogen-bond donors (Lipinski definition) is 1. The van der Waals surface area contributed by atoms with Gasteiger partial charge in [-0.1, -0.05) is 18.2 Å². The van der Waals surface area contributed by atoms with Gasteiger partial charge in [0.05, 0.1) is 0 Å². The molecule has 0 bridgehead atoms. The summed E-state index contributed by atoms with van der Waals surface area (Å²) >= 11 is 0. The van der Waals surface area contributed by atoms with Crippen LogP contribution in [0.3, 0.4) is 0 Å². The third-order valence-corrected chi connectivity index (χ3v) is 2.45. The van der Waals surface area contributed by atoms with Gasteiger partial charge in [0.2, 0.25) is 0 Å². The van der Waals surface area contributed by atoms with Crippen LogP contribution in [0.1, 0.15) is 5.56 Å². The zero-order valence-electron chi connectivity index (χ0n) is 8.67. The summed E-state index contributed by atoms with van der Waals surface area (Å²) in [6, 6.07) is 8.67. The van der Waals surface area contributed by atoms with E-state index < -0.39 is 11.6 Å². The summed E-state index contributed by atoms with van der Waals surface area (Å²) in [6.07, 6.45) is 0. The molecule has 0 atom stereocenters. The van der Waals surface area contributed by atoms with Gasteiger partial charge >= 0.3 is 0 Å². The fourth-order valence-corrected chi connectivity index (χ4v) is 1.46. The predicted molar refractivity (Wildman–Crippen MR) is 58.2 cm³/mol. The smallest absolute Gasteiger partial charge is 0.164 e. The van der Waals surface area contributed by atoms with Crippen LogP contribution in [0.5, 0.6) is 5.75 Å². The standard InChI is InChI=1S/C13H10F2O/c1-8-2-3-9(6-12(8)15)10-4-5-11(14)13(16)7-10/h2-7,16H,1H3. The number of aromatic hydroxyl groups is 1. The highest BCUT2D eigenvalue weighted by atomic mass is 19.1. The van der Waals surface area contributed by atoms with E-state index in [-0.39, 0.29) is 5.82 Å². The van der Waals surface area contributed by atoms with E-state index >= 15 is 0 Å². The second kappa shape index (κ2) is 3.93. The van der Waals surface area contributed by atoms with Crippen molar-refractivity contribution in [1.82, 2.24) is 0 Å². The number of aryl methyl sites for hydroxylation is 1. The molecule has 0 spiro atoms. The van der Waals surface area contributed by atoms with Crippen molar-refractivity contribution in [3.05, 3.63) is 53.6 Å². The van der Waals surface area contributed by atoms with E-state index in [1.54, 1.807) is 19.1 Å². The summed E-state index contributed by atoms with van der Waals surface area (Å²) < 4.78 is 26.1.